The van der Waals surface area contributed by atoms with Gasteiger partial charge in [0.2, 0.25) is 17.7 Å². The van der Waals surface area contributed by atoms with Gasteiger partial charge in [0.25, 0.3) is 0 Å². The van der Waals surface area contributed by atoms with E-state index in [1.54, 1.807) is 0 Å². The van der Waals surface area contributed by atoms with Crippen molar-refractivity contribution in [3.05, 3.63) is 35.7 Å². The van der Waals surface area contributed by atoms with Crippen LogP contribution in [0.5, 0.6) is 0 Å². The number of nitrogens with zero attached hydrogens (tertiary/aromatic N) is 3. The average molecular weight is 313 g/mol. The minimum absolute atomic E-state index is 0.187. The highest BCUT2D eigenvalue weighted by Crippen LogP contribution is 2.20. The topological polar surface area (TPSA) is 59.2 Å². The molecule has 5 heteroatoms. The van der Waals surface area contributed by atoms with Crippen LogP contribution in [0.2, 0.25) is 0 Å². The minimum atomic E-state index is 0.187. The van der Waals surface area contributed by atoms with Crippen molar-refractivity contribution in [1.29, 1.82) is 0 Å². The molecule has 0 radical (unpaired) electrons. The molecule has 0 unspecified atom stereocenters. The third kappa shape index (κ3) is 3.97. The molecule has 2 heterocycles. The van der Waals surface area contributed by atoms with E-state index in [4.69, 9.17) is 4.42 Å². The van der Waals surface area contributed by atoms with Crippen LogP contribution >= 0.6 is 0 Å². The first-order valence-corrected chi connectivity index (χ1v) is 8.29. The Labute approximate surface area is 136 Å². The van der Waals surface area contributed by atoms with Gasteiger partial charge < -0.3 is 9.32 Å². The maximum absolute atomic E-state index is 12.2. The lowest BCUT2D eigenvalue weighted by atomic mass is 9.99. The highest BCUT2D eigenvalue weighted by atomic mass is 16.4. The van der Waals surface area contributed by atoms with Gasteiger partial charge in [0.15, 0.2) is 0 Å². The lowest BCUT2D eigenvalue weighted by Gasteiger charge is -2.30. The predicted molar refractivity (Wildman–Crippen MR) is 87.8 cm³/mol. The van der Waals surface area contributed by atoms with Gasteiger partial charge in [0.05, 0.1) is 0 Å². The Hall–Kier alpha value is -2.17. The Morgan fingerprint density at radius 1 is 1.30 bits per heavy atom. The van der Waals surface area contributed by atoms with Crippen LogP contribution < -0.4 is 0 Å². The number of rotatable bonds is 4. The van der Waals surface area contributed by atoms with E-state index in [2.05, 4.69) is 17.1 Å². The molecule has 122 valence electrons. The molecule has 1 aromatic carbocycles. The van der Waals surface area contributed by atoms with Gasteiger partial charge in [-0.1, -0.05) is 24.6 Å². The second-order valence-corrected chi connectivity index (χ2v) is 6.43. The lowest BCUT2D eigenvalue weighted by Crippen LogP contribution is -2.38. The van der Waals surface area contributed by atoms with Gasteiger partial charge in [-0.05, 0) is 37.8 Å². The summed E-state index contributed by atoms with van der Waals surface area (Å²) in [6.45, 7) is 6.02. The Bertz CT molecular complexity index is 672. The molecule has 1 fully saturated rings. The van der Waals surface area contributed by atoms with Crippen LogP contribution in [0.15, 0.2) is 28.7 Å². The van der Waals surface area contributed by atoms with Crippen molar-refractivity contribution in [2.45, 2.75) is 39.5 Å². The van der Waals surface area contributed by atoms with E-state index in [0.29, 0.717) is 24.6 Å². The molecule has 1 aromatic heterocycles. The molecule has 23 heavy (non-hydrogen) atoms. The smallest absolute Gasteiger partial charge is 0.247 e. The number of aromatic nitrogens is 2. The van der Waals surface area contributed by atoms with E-state index in [0.717, 1.165) is 43.0 Å². The van der Waals surface area contributed by atoms with Crippen LogP contribution in [0, 0.1) is 12.8 Å². The Kier molecular flexibility index (Phi) is 4.74. The minimum Gasteiger partial charge on any atom is -0.421 e. The molecule has 3 rings (SSSR count). The number of hydrogen-bond donors (Lipinski definition) is 0. The average Bonchev–Trinajstić information content (AvgIpc) is 3.02. The summed E-state index contributed by atoms with van der Waals surface area (Å²) in [5.41, 5.74) is 2.07. The zero-order chi connectivity index (χ0) is 16.2. The van der Waals surface area contributed by atoms with Gasteiger partial charge >= 0.3 is 0 Å². The summed E-state index contributed by atoms with van der Waals surface area (Å²) in [4.78, 5) is 14.2. The molecule has 0 atom stereocenters. The first-order chi connectivity index (χ1) is 11.1. The Balaban J connectivity index is 1.56. The molecule has 0 N–H and O–H groups in total. The number of amides is 1. The van der Waals surface area contributed by atoms with Gasteiger partial charge in [-0.15, -0.1) is 10.2 Å². The summed E-state index contributed by atoms with van der Waals surface area (Å²) in [5, 5.41) is 8.15. The summed E-state index contributed by atoms with van der Waals surface area (Å²) in [6.07, 6.45) is 3.14. The van der Waals surface area contributed by atoms with Crippen molar-refractivity contribution in [3.63, 3.8) is 0 Å². The molecule has 0 bridgehead atoms. The monoisotopic (exact) mass is 313 g/mol. The second-order valence-electron chi connectivity index (χ2n) is 6.43. The van der Waals surface area contributed by atoms with Crippen molar-refractivity contribution >= 4 is 5.91 Å². The summed E-state index contributed by atoms with van der Waals surface area (Å²) in [6, 6.07) is 7.95. The van der Waals surface area contributed by atoms with Crippen molar-refractivity contribution < 1.29 is 9.21 Å². The fourth-order valence-electron chi connectivity index (χ4n) is 2.88. The number of carbonyl (C=O) groups excluding carboxylic acids is 1. The standard InChI is InChI=1S/C18H23N3O2/c1-13-8-10-21(11-9-13)17(22)7-6-16-19-20-18(23-16)15-5-3-4-14(2)12-15/h3-5,12-13H,6-11H2,1-2H3. The number of hydrogen-bond acceptors (Lipinski definition) is 4. The maximum atomic E-state index is 12.2. The van der Waals surface area contributed by atoms with Crippen LogP contribution in [0.25, 0.3) is 11.5 Å². The molecule has 1 aliphatic heterocycles. The summed E-state index contributed by atoms with van der Waals surface area (Å²) in [5.74, 6) is 1.96. The summed E-state index contributed by atoms with van der Waals surface area (Å²) >= 11 is 0. The molecule has 0 saturated carbocycles. The van der Waals surface area contributed by atoms with Crippen molar-refractivity contribution in [1.82, 2.24) is 15.1 Å². The van der Waals surface area contributed by atoms with Gasteiger partial charge in [0.1, 0.15) is 0 Å². The maximum Gasteiger partial charge on any atom is 0.247 e. The third-order valence-corrected chi connectivity index (χ3v) is 4.42. The second kappa shape index (κ2) is 6.94. The number of likely N-dealkylation sites (tertiary alicyclic amines) is 1. The largest absolute Gasteiger partial charge is 0.421 e. The van der Waals surface area contributed by atoms with E-state index >= 15 is 0 Å². The lowest BCUT2D eigenvalue weighted by molar-refractivity contribution is -0.132. The molecule has 1 aliphatic rings. The molecule has 1 amide bonds. The summed E-state index contributed by atoms with van der Waals surface area (Å²) < 4.78 is 5.69. The van der Waals surface area contributed by atoms with Crippen LogP contribution in [-0.2, 0) is 11.2 Å². The SMILES string of the molecule is Cc1cccc(-c2nnc(CCC(=O)N3CCC(C)CC3)o2)c1. The van der Waals surface area contributed by atoms with E-state index in [-0.39, 0.29) is 5.91 Å². The van der Waals surface area contributed by atoms with Gasteiger partial charge in [0, 0.05) is 31.5 Å². The van der Waals surface area contributed by atoms with Crippen LogP contribution in [-0.4, -0.2) is 34.1 Å². The molecule has 0 aliphatic carbocycles. The number of aryl methyl sites for hydroxylation is 2. The number of piperidine rings is 1. The fourth-order valence-corrected chi connectivity index (χ4v) is 2.88. The fraction of sp³-hybridized carbons (Fsp3) is 0.500. The van der Waals surface area contributed by atoms with E-state index in [1.807, 2.05) is 36.1 Å². The van der Waals surface area contributed by atoms with Gasteiger partial charge in [-0.25, -0.2) is 0 Å². The van der Waals surface area contributed by atoms with Crippen LogP contribution in [0.4, 0.5) is 0 Å². The molecular formula is C18H23N3O2. The molecule has 1 saturated heterocycles. The Morgan fingerprint density at radius 2 is 2.09 bits per heavy atom. The van der Waals surface area contributed by atoms with Crippen molar-refractivity contribution in [2.24, 2.45) is 5.92 Å². The van der Waals surface area contributed by atoms with E-state index < -0.39 is 0 Å². The van der Waals surface area contributed by atoms with Gasteiger partial charge in [-0.3, -0.25) is 4.79 Å². The zero-order valence-electron chi connectivity index (χ0n) is 13.8. The van der Waals surface area contributed by atoms with Crippen LogP contribution in [0.3, 0.4) is 0 Å². The highest BCUT2D eigenvalue weighted by Gasteiger charge is 2.20. The molecule has 2 aromatic rings. The molecule has 0 spiro atoms. The highest BCUT2D eigenvalue weighted by molar-refractivity contribution is 5.76. The van der Waals surface area contributed by atoms with Crippen molar-refractivity contribution in [2.75, 3.05) is 13.1 Å². The van der Waals surface area contributed by atoms with E-state index in [1.165, 1.54) is 0 Å². The first-order valence-electron chi connectivity index (χ1n) is 8.29. The molecule has 5 nitrogen and oxygen atoms in total. The molecular weight excluding hydrogens is 290 g/mol. The number of carbonyl (C=O) groups is 1. The van der Waals surface area contributed by atoms with Gasteiger partial charge in [-0.2, -0.15) is 0 Å². The van der Waals surface area contributed by atoms with E-state index in [9.17, 15) is 4.79 Å². The number of benzene rings is 1. The van der Waals surface area contributed by atoms with Crippen molar-refractivity contribution in [3.8, 4) is 11.5 Å². The first kappa shape index (κ1) is 15.7. The van der Waals surface area contributed by atoms with Crippen LogP contribution in [0.1, 0.15) is 37.6 Å². The Morgan fingerprint density at radius 3 is 2.83 bits per heavy atom. The zero-order valence-corrected chi connectivity index (χ0v) is 13.8. The summed E-state index contributed by atoms with van der Waals surface area (Å²) in [7, 11) is 0. The third-order valence-electron chi connectivity index (χ3n) is 4.42. The quantitative estimate of drug-likeness (QED) is 0.869. The normalized spacial score (nSPS) is 15.8. The predicted octanol–water partition coefficient (Wildman–Crippen LogP) is 3.24.